The molecule has 7 nitrogen and oxygen atoms in total. The first-order valence-corrected chi connectivity index (χ1v) is 10.5. The molecule has 0 amide bonds. The molecular weight excluding hydrogens is 366 g/mol. The van der Waals surface area contributed by atoms with E-state index in [-0.39, 0.29) is 0 Å². The number of likely N-dealkylation sites (N-methyl/N-ethyl adjacent to an activating group) is 2. The van der Waals surface area contributed by atoms with Crippen molar-refractivity contribution in [1.29, 1.82) is 0 Å². The van der Waals surface area contributed by atoms with Gasteiger partial charge in [0.15, 0.2) is 17.5 Å². The van der Waals surface area contributed by atoms with Gasteiger partial charge in [0.2, 0.25) is 0 Å². The molecular formula is C22H39N5O2. The van der Waals surface area contributed by atoms with Gasteiger partial charge < -0.3 is 29.5 Å². The molecule has 2 rings (SSSR count). The molecule has 1 heterocycles. The molecule has 1 aliphatic heterocycles. The van der Waals surface area contributed by atoms with Crippen LogP contribution in [0.2, 0.25) is 0 Å². The third kappa shape index (κ3) is 7.40. The summed E-state index contributed by atoms with van der Waals surface area (Å²) in [6.07, 6.45) is 0.911. The fourth-order valence-electron chi connectivity index (χ4n) is 3.62. The van der Waals surface area contributed by atoms with E-state index >= 15 is 0 Å². The first-order chi connectivity index (χ1) is 14.0. The Kier molecular flexibility index (Phi) is 9.54. The molecule has 1 fully saturated rings. The number of methoxy groups -OCH3 is 2. The number of hydrogen-bond acceptors (Lipinski definition) is 5. The van der Waals surface area contributed by atoms with Crippen LogP contribution in [0.3, 0.4) is 0 Å². The fourth-order valence-corrected chi connectivity index (χ4v) is 3.62. The summed E-state index contributed by atoms with van der Waals surface area (Å²) in [5.41, 5.74) is 1.22. The van der Waals surface area contributed by atoms with Crippen LogP contribution in [0.5, 0.6) is 11.5 Å². The highest BCUT2D eigenvalue weighted by Gasteiger charge is 2.16. The van der Waals surface area contributed by atoms with Gasteiger partial charge in [-0.1, -0.05) is 13.0 Å². The van der Waals surface area contributed by atoms with Crippen molar-refractivity contribution >= 4 is 5.96 Å². The number of benzene rings is 1. The van der Waals surface area contributed by atoms with Crippen LogP contribution in [0.15, 0.2) is 23.2 Å². The first-order valence-electron chi connectivity index (χ1n) is 10.5. The average Bonchev–Trinajstić information content (AvgIpc) is 2.74. The lowest BCUT2D eigenvalue weighted by atomic mass is 10.1. The summed E-state index contributed by atoms with van der Waals surface area (Å²) >= 11 is 0. The number of ether oxygens (including phenoxy) is 2. The highest BCUT2D eigenvalue weighted by Crippen LogP contribution is 2.27. The van der Waals surface area contributed by atoms with Crippen LogP contribution < -0.4 is 14.8 Å². The SMILES string of the molecule is CN=C(NCC(C)CN1CCN(C)CC1)N(C)CCc1ccc(OC)c(OC)c1. The van der Waals surface area contributed by atoms with Crippen LogP contribution in [0.25, 0.3) is 0 Å². The minimum atomic E-state index is 0.578. The molecule has 0 aliphatic carbocycles. The molecule has 1 aliphatic rings. The van der Waals surface area contributed by atoms with Gasteiger partial charge >= 0.3 is 0 Å². The molecule has 1 aromatic carbocycles. The molecule has 1 unspecified atom stereocenters. The van der Waals surface area contributed by atoms with Crippen molar-refractivity contribution < 1.29 is 9.47 Å². The molecule has 0 saturated carbocycles. The van der Waals surface area contributed by atoms with Crippen molar-refractivity contribution in [3.63, 3.8) is 0 Å². The summed E-state index contributed by atoms with van der Waals surface area (Å²) in [5, 5.41) is 3.54. The molecule has 1 atom stereocenters. The third-order valence-electron chi connectivity index (χ3n) is 5.53. The second kappa shape index (κ2) is 11.9. The Hall–Kier alpha value is -1.99. The molecule has 1 saturated heterocycles. The molecule has 0 spiro atoms. The number of rotatable bonds is 9. The predicted octanol–water partition coefficient (Wildman–Crippen LogP) is 1.64. The van der Waals surface area contributed by atoms with E-state index in [1.807, 2.05) is 19.2 Å². The minimum absolute atomic E-state index is 0.578. The van der Waals surface area contributed by atoms with Gasteiger partial charge in [0.05, 0.1) is 14.2 Å². The Morgan fingerprint density at radius 2 is 1.86 bits per heavy atom. The van der Waals surface area contributed by atoms with Gasteiger partial charge in [-0.15, -0.1) is 0 Å². The summed E-state index contributed by atoms with van der Waals surface area (Å²) < 4.78 is 10.7. The maximum atomic E-state index is 5.40. The van der Waals surface area contributed by atoms with E-state index < -0.39 is 0 Å². The Bertz CT molecular complexity index is 644. The Balaban J connectivity index is 1.77. The van der Waals surface area contributed by atoms with Crippen molar-refractivity contribution in [2.75, 3.05) is 81.2 Å². The van der Waals surface area contributed by atoms with Crippen LogP contribution >= 0.6 is 0 Å². The molecule has 0 aromatic heterocycles. The van der Waals surface area contributed by atoms with Crippen LogP contribution in [0.1, 0.15) is 12.5 Å². The highest BCUT2D eigenvalue weighted by atomic mass is 16.5. The highest BCUT2D eigenvalue weighted by molar-refractivity contribution is 5.79. The second-order valence-corrected chi connectivity index (χ2v) is 8.00. The van der Waals surface area contributed by atoms with Crippen LogP contribution in [-0.4, -0.2) is 102 Å². The zero-order chi connectivity index (χ0) is 21.2. The molecule has 29 heavy (non-hydrogen) atoms. The second-order valence-electron chi connectivity index (χ2n) is 8.00. The van der Waals surface area contributed by atoms with E-state index in [9.17, 15) is 0 Å². The van der Waals surface area contributed by atoms with Gasteiger partial charge in [0, 0.05) is 59.9 Å². The number of nitrogens with zero attached hydrogens (tertiary/aromatic N) is 4. The number of guanidine groups is 1. The topological polar surface area (TPSA) is 52.6 Å². The van der Waals surface area contributed by atoms with Crippen molar-refractivity contribution in [3.05, 3.63) is 23.8 Å². The minimum Gasteiger partial charge on any atom is -0.493 e. The molecule has 0 radical (unpaired) electrons. The van der Waals surface area contributed by atoms with Gasteiger partial charge in [0.25, 0.3) is 0 Å². The average molecular weight is 406 g/mol. The fraction of sp³-hybridized carbons (Fsp3) is 0.682. The molecule has 164 valence electrons. The predicted molar refractivity (Wildman–Crippen MR) is 120 cm³/mol. The van der Waals surface area contributed by atoms with Crippen LogP contribution in [0.4, 0.5) is 0 Å². The van der Waals surface area contributed by atoms with Crippen molar-refractivity contribution in [1.82, 2.24) is 20.0 Å². The van der Waals surface area contributed by atoms with Gasteiger partial charge in [0.1, 0.15) is 0 Å². The normalized spacial score (nSPS) is 17.1. The zero-order valence-electron chi connectivity index (χ0n) is 19.1. The lowest BCUT2D eigenvalue weighted by Gasteiger charge is -2.34. The number of piperazine rings is 1. The van der Waals surface area contributed by atoms with Crippen LogP contribution in [-0.2, 0) is 6.42 Å². The molecule has 1 aromatic rings. The van der Waals surface area contributed by atoms with Gasteiger partial charge in [-0.25, -0.2) is 0 Å². The number of aliphatic imine (C=N–C) groups is 1. The number of nitrogens with one attached hydrogen (secondary N) is 1. The quantitative estimate of drug-likeness (QED) is 0.498. The largest absolute Gasteiger partial charge is 0.493 e. The Morgan fingerprint density at radius 3 is 2.48 bits per heavy atom. The Labute approximate surface area is 176 Å². The number of hydrogen-bond donors (Lipinski definition) is 1. The summed E-state index contributed by atoms with van der Waals surface area (Å²) in [4.78, 5) is 11.6. The van der Waals surface area contributed by atoms with E-state index in [4.69, 9.17) is 9.47 Å². The maximum absolute atomic E-state index is 5.40. The lowest BCUT2D eigenvalue weighted by Crippen LogP contribution is -2.47. The van der Waals surface area contributed by atoms with E-state index in [0.717, 1.165) is 43.5 Å². The third-order valence-corrected chi connectivity index (χ3v) is 5.53. The van der Waals surface area contributed by atoms with E-state index in [0.29, 0.717) is 5.92 Å². The molecule has 1 N–H and O–H groups in total. The van der Waals surface area contributed by atoms with E-state index in [1.165, 1.54) is 31.7 Å². The molecule has 0 bridgehead atoms. The lowest BCUT2D eigenvalue weighted by molar-refractivity contribution is 0.139. The monoisotopic (exact) mass is 405 g/mol. The molecule has 7 heteroatoms. The summed E-state index contributed by atoms with van der Waals surface area (Å²) in [6.45, 7) is 9.92. The summed E-state index contributed by atoms with van der Waals surface area (Å²) in [5.74, 6) is 3.05. The zero-order valence-corrected chi connectivity index (χ0v) is 19.1. The summed E-state index contributed by atoms with van der Waals surface area (Å²) in [7, 11) is 9.46. The smallest absolute Gasteiger partial charge is 0.193 e. The van der Waals surface area contributed by atoms with E-state index in [2.05, 4.69) is 52.1 Å². The first kappa shape index (κ1) is 23.3. The maximum Gasteiger partial charge on any atom is 0.193 e. The van der Waals surface area contributed by atoms with E-state index in [1.54, 1.807) is 14.2 Å². The van der Waals surface area contributed by atoms with Gasteiger partial charge in [-0.3, -0.25) is 4.99 Å². The van der Waals surface area contributed by atoms with Crippen molar-refractivity contribution in [3.8, 4) is 11.5 Å². The van der Waals surface area contributed by atoms with Crippen LogP contribution in [0, 0.1) is 5.92 Å². The van der Waals surface area contributed by atoms with Crippen molar-refractivity contribution in [2.24, 2.45) is 10.9 Å². The van der Waals surface area contributed by atoms with Gasteiger partial charge in [-0.05, 0) is 37.1 Å². The summed E-state index contributed by atoms with van der Waals surface area (Å²) in [6, 6.07) is 6.09. The standard InChI is InChI=1S/C22H39N5O2/c1-18(17-27-13-11-25(3)12-14-27)16-24-22(23-2)26(4)10-9-19-7-8-20(28-5)21(15-19)29-6/h7-8,15,18H,9-14,16-17H2,1-6H3,(H,23,24). The van der Waals surface area contributed by atoms with Crippen molar-refractivity contribution in [2.45, 2.75) is 13.3 Å². The van der Waals surface area contributed by atoms with Gasteiger partial charge in [-0.2, -0.15) is 0 Å². The Morgan fingerprint density at radius 1 is 1.17 bits per heavy atom.